The Balaban J connectivity index is 2.43. The van der Waals surface area contributed by atoms with Crippen LogP contribution in [0.5, 0.6) is 5.75 Å². The maximum absolute atomic E-state index is 10.6. The molecule has 1 unspecified atom stereocenters. The van der Waals surface area contributed by atoms with Crippen molar-refractivity contribution in [1.29, 1.82) is 5.26 Å². The molecule has 4 nitrogen and oxygen atoms in total. The average Bonchev–Trinajstić information content (AvgIpc) is 2.47. The second-order valence-electron chi connectivity index (χ2n) is 4.64. The van der Waals surface area contributed by atoms with Gasteiger partial charge in [-0.25, -0.2) is 0 Å². The molecule has 0 bridgehead atoms. The summed E-state index contributed by atoms with van der Waals surface area (Å²) in [5.41, 5.74) is -0.383. The molecule has 19 heavy (non-hydrogen) atoms. The van der Waals surface area contributed by atoms with Crippen LogP contribution in [0.25, 0.3) is 0 Å². The third kappa shape index (κ3) is 2.55. The van der Waals surface area contributed by atoms with E-state index in [2.05, 4.69) is 6.07 Å². The van der Waals surface area contributed by atoms with E-state index in [0.717, 1.165) is 0 Å². The highest BCUT2D eigenvalue weighted by Gasteiger charge is 2.42. The van der Waals surface area contributed by atoms with Gasteiger partial charge in [0.05, 0.1) is 23.6 Å². The van der Waals surface area contributed by atoms with Gasteiger partial charge in [-0.15, -0.1) is 0 Å². The van der Waals surface area contributed by atoms with E-state index in [9.17, 15) is 10.4 Å². The summed E-state index contributed by atoms with van der Waals surface area (Å²) >= 11 is 6.16. The Morgan fingerprint density at radius 1 is 1.47 bits per heavy atom. The monoisotopic (exact) mass is 281 g/mol. The molecular formula is C14H16ClNO3. The molecule has 2 rings (SSSR count). The van der Waals surface area contributed by atoms with Crippen LogP contribution in [-0.2, 0) is 4.74 Å². The largest absolute Gasteiger partial charge is 0.496 e. The molecule has 0 amide bonds. The number of benzene rings is 1. The molecule has 1 aliphatic heterocycles. The lowest BCUT2D eigenvalue weighted by Crippen LogP contribution is -2.34. The van der Waals surface area contributed by atoms with Gasteiger partial charge in [0.1, 0.15) is 11.9 Å². The maximum atomic E-state index is 10.6. The molecule has 0 saturated carbocycles. The van der Waals surface area contributed by atoms with Crippen molar-refractivity contribution in [3.05, 3.63) is 28.8 Å². The molecule has 1 aliphatic rings. The van der Waals surface area contributed by atoms with E-state index in [0.29, 0.717) is 42.4 Å². The third-order valence-corrected chi connectivity index (χ3v) is 3.97. The summed E-state index contributed by atoms with van der Waals surface area (Å²) in [6.45, 7) is 0.939. The smallest absolute Gasteiger partial charge is 0.126 e. The lowest BCUT2D eigenvalue weighted by molar-refractivity contribution is -0.0317. The standard InChI is InChI=1S/C14H16ClNO3/c1-18-11-4-2-3-10(15)12(11)13(17)14(9-16)5-7-19-8-6-14/h2-4,13,17H,5-8H2,1H3. The van der Waals surface area contributed by atoms with E-state index >= 15 is 0 Å². The van der Waals surface area contributed by atoms with Crippen LogP contribution in [-0.4, -0.2) is 25.4 Å². The van der Waals surface area contributed by atoms with Crippen LogP contribution in [0.1, 0.15) is 24.5 Å². The molecule has 1 aromatic carbocycles. The maximum Gasteiger partial charge on any atom is 0.126 e. The van der Waals surface area contributed by atoms with Crippen molar-refractivity contribution in [1.82, 2.24) is 0 Å². The molecule has 1 heterocycles. The summed E-state index contributed by atoms with van der Waals surface area (Å²) in [5, 5.41) is 20.5. The number of hydrogen-bond acceptors (Lipinski definition) is 4. The van der Waals surface area contributed by atoms with Crippen molar-refractivity contribution in [3.63, 3.8) is 0 Å². The Morgan fingerprint density at radius 3 is 2.74 bits per heavy atom. The van der Waals surface area contributed by atoms with Gasteiger partial charge in [0.2, 0.25) is 0 Å². The van der Waals surface area contributed by atoms with Crippen molar-refractivity contribution in [2.45, 2.75) is 18.9 Å². The van der Waals surface area contributed by atoms with Crippen LogP contribution in [0.2, 0.25) is 5.02 Å². The number of nitrogens with zero attached hydrogens (tertiary/aromatic N) is 1. The van der Waals surface area contributed by atoms with Crippen LogP contribution in [0.15, 0.2) is 18.2 Å². The van der Waals surface area contributed by atoms with Gasteiger partial charge in [-0.1, -0.05) is 17.7 Å². The number of ether oxygens (including phenoxy) is 2. The lowest BCUT2D eigenvalue weighted by atomic mass is 9.74. The average molecular weight is 282 g/mol. The fraction of sp³-hybridized carbons (Fsp3) is 0.500. The zero-order valence-corrected chi connectivity index (χ0v) is 11.5. The van der Waals surface area contributed by atoms with E-state index in [4.69, 9.17) is 21.1 Å². The summed E-state index contributed by atoms with van der Waals surface area (Å²) in [6.07, 6.45) is -0.0111. The summed E-state index contributed by atoms with van der Waals surface area (Å²) < 4.78 is 10.5. The third-order valence-electron chi connectivity index (χ3n) is 3.64. The predicted octanol–water partition coefficient (Wildman–Crippen LogP) is 2.70. The minimum absolute atomic E-state index is 0.410. The van der Waals surface area contributed by atoms with E-state index in [1.807, 2.05) is 0 Å². The zero-order chi connectivity index (χ0) is 13.9. The zero-order valence-electron chi connectivity index (χ0n) is 10.7. The molecule has 0 spiro atoms. The van der Waals surface area contributed by atoms with Gasteiger partial charge in [0.15, 0.2) is 0 Å². The highest BCUT2D eigenvalue weighted by Crippen LogP contribution is 2.46. The Bertz CT molecular complexity index is 492. The summed E-state index contributed by atoms with van der Waals surface area (Å²) in [5.74, 6) is 0.501. The minimum Gasteiger partial charge on any atom is -0.496 e. The van der Waals surface area contributed by atoms with Crippen LogP contribution >= 0.6 is 11.6 Å². The second-order valence-corrected chi connectivity index (χ2v) is 5.05. The highest BCUT2D eigenvalue weighted by molar-refractivity contribution is 6.31. The van der Waals surface area contributed by atoms with Crippen LogP contribution in [0, 0.1) is 16.7 Å². The van der Waals surface area contributed by atoms with Crippen molar-refractivity contribution >= 4 is 11.6 Å². The lowest BCUT2D eigenvalue weighted by Gasteiger charge is -2.35. The van der Waals surface area contributed by atoms with Gasteiger partial charge in [-0.3, -0.25) is 0 Å². The van der Waals surface area contributed by atoms with Crippen molar-refractivity contribution in [2.24, 2.45) is 5.41 Å². The number of nitriles is 1. The Kier molecular flexibility index (Phi) is 4.31. The summed E-state index contributed by atoms with van der Waals surface area (Å²) in [7, 11) is 1.52. The number of methoxy groups -OCH3 is 1. The molecule has 1 aromatic rings. The van der Waals surface area contributed by atoms with Crippen LogP contribution in [0.3, 0.4) is 0 Å². The summed E-state index contributed by atoms with van der Waals surface area (Å²) in [6, 6.07) is 7.42. The quantitative estimate of drug-likeness (QED) is 0.925. The number of rotatable bonds is 3. The van der Waals surface area contributed by atoms with Crippen molar-refractivity contribution in [3.8, 4) is 11.8 Å². The van der Waals surface area contributed by atoms with Gasteiger partial charge < -0.3 is 14.6 Å². The molecule has 0 aliphatic carbocycles. The predicted molar refractivity (Wildman–Crippen MR) is 71.1 cm³/mol. The molecule has 1 fully saturated rings. The first-order valence-electron chi connectivity index (χ1n) is 6.14. The molecule has 1 atom stereocenters. The minimum atomic E-state index is -0.981. The number of halogens is 1. The van der Waals surface area contributed by atoms with Crippen molar-refractivity contribution in [2.75, 3.05) is 20.3 Å². The van der Waals surface area contributed by atoms with Gasteiger partial charge in [-0.05, 0) is 25.0 Å². The van der Waals surface area contributed by atoms with Crippen LogP contribution in [0.4, 0.5) is 0 Å². The molecular weight excluding hydrogens is 266 g/mol. The first-order valence-corrected chi connectivity index (χ1v) is 6.52. The van der Waals surface area contributed by atoms with Crippen molar-refractivity contribution < 1.29 is 14.6 Å². The second kappa shape index (κ2) is 5.79. The first kappa shape index (κ1) is 14.1. The molecule has 0 radical (unpaired) electrons. The van der Waals surface area contributed by atoms with Gasteiger partial charge in [-0.2, -0.15) is 5.26 Å². The van der Waals surface area contributed by atoms with Crippen LogP contribution < -0.4 is 4.74 Å². The number of hydrogen-bond donors (Lipinski definition) is 1. The fourth-order valence-electron chi connectivity index (χ4n) is 2.42. The number of aliphatic hydroxyl groups is 1. The van der Waals surface area contributed by atoms with E-state index in [1.165, 1.54) is 7.11 Å². The Hall–Kier alpha value is -1.28. The topological polar surface area (TPSA) is 62.5 Å². The molecule has 1 N–H and O–H groups in total. The normalized spacial score (nSPS) is 19.5. The van der Waals surface area contributed by atoms with Gasteiger partial charge in [0, 0.05) is 18.8 Å². The molecule has 5 heteroatoms. The Labute approximate surface area is 117 Å². The molecule has 1 saturated heterocycles. The summed E-state index contributed by atoms with van der Waals surface area (Å²) in [4.78, 5) is 0. The number of aliphatic hydroxyl groups excluding tert-OH is 1. The fourth-order valence-corrected chi connectivity index (χ4v) is 2.69. The van der Waals surface area contributed by atoms with Gasteiger partial charge in [0.25, 0.3) is 0 Å². The highest BCUT2D eigenvalue weighted by atomic mass is 35.5. The van der Waals surface area contributed by atoms with E-state index in [-0.39, 0.29) is 0 Å². The van der Waals surface area contributed by atoms with Gasteiger partial charge >= 0.3 is 0 Å². The van der Waals surface area contributed by atoms with E-state index in [1.54, 1.807) is 18.2 Å². The SMILES string of the molecule is COc1cccc(Cl)c1C(O)C1(C#N)CCOCC1. The van der Waals surface area contributed by atoms with E-state index < -0.39 is 11.5 Å². The molecule has 102 valence electrons. The first-order chi connectivity index (χ1) is 9.14. The molecule has 0 aromatic heterocycles. The Morgan fingerprint density at radius 2 is 2.16 bits per heavy atom.